The van der Waals surface area contributed by atoms with E-state index in [1.165, 1.54) is 9.80 Å². The van der Waals surface area contributed by atoms with Crippen molar-refractivity contribution in [3.63, 3.8) is 0 Å². The van der Waals surface area contributed by atoms with Crippen LogP contribution in [0, 0.1) is 0 Å². The summed E-state index contributed by atoms with van der Waals surface area (Å²) in [5.74, 6) is 0. The first-order valence-electron chi connectivity index (χ1n) is 9.25. The molecular formula is C18H33ClN6S2+2. The van der Waals surface area contributed by atoms with Gasteiger partial charge in [-0.25, -0.2) is 0 Å². The van der Waals surface area contributed by atoms with Crippen LogP contribution in [0.15, 0.2) is 18.2 Å². The molecular weight excluding hydrogens is 400 g/mol. The first kappa shape index (κ1) is 23.8. The smallest absolute Gasteiger partial charge is 0.170 e. The van der Waals surface area contributed by atoms with E-state index >= 15 is 0 Å². The average Bonchev–Trinajstić information content (AvgIpc) is 2.58. The first-order chi connectivity index (χ1) is 12.8. The van der Waals surface area contributed by atoms with Crippen molar-refractivity contribution in [3.05, 3.63) is 23.2 Å². The summed E-state index contributed by atoms with van der Waals surface area (Å²) in [5, 5.41) is 14.4. The quantitative estimate of drug-likeness (QED) is 0.231. The number of nitrogens with one attached hydrogen (secondary N) is 6. The molecule has 0 unspecified atom stereocenters. The third-order valence-electron chi connectivity index (χ3n) is 3.75. The lowest BCUT2D eigenvalue weighted by Gasteiger charge is -2.15. The number of benzene rings is 1. The van der Waals surface area contributed by atoms with Gasteiger partial charge in [-0.3, -0.25) is 0 Å². The normalized spacial score (nSPS) is 10.8. The molecule has 0 saturated carbocycles. The Balaban J connectivity index is 2.40. The van der Waals surface area contributed by atoms with Crippen LogP contribution < -0.4 is 31.1 Å². The summed E-state index contributed by atoms with van der Waals surface area (Å²) in [4.78, 5) is 2.85. The van der Waals surface area contributed by atoms with E-state index in [9.17, 15) is 0 Å². The number of hydrogen-bond acceptors (Lipinski definition) is 2. The molecule has 0 atom stereocenters. The summed E-state index contributed by atoms with van der Waals surface area (Å²) in [5.41, 5.74) is 1.61. The molecule has 0 heterocycles. The van der Waals surface area contributed by atoms with E-state index < -0.39 is 0 Å². The van der Waals surface area contributed by atoms with Gasteiger partial charge >= 0.3 is 0 Å². The number of rotatable bonds is 10. The summed E-state index contributed by atoms with van der Waals surface area (Å²) >= 11 is 17.0. The van der Waals surface area contributed by atoms with E-state index in [2.05, 4.69) is 49.5 Å². The molecule has 6 N–H and O–H groups in total. The monoisotopic (exact) mass is 432 g/mol. The number of halogens is 1. The number of hydrogen-bond donors (Lipinski definition) is 6. The Morgan fingerprint density at radius 3 is 1.89 bits per heavy atom. The summed E-state index contributed by atoms with van der Waals surface area (Å²) in [6.45, 7) is 3.89. The Morgan fingerprint density at radius 2 is 1.41 bits per heavy atom. The molecule has 0 fully saturated rings. The Hall–Kier alpha value is -1.19. The predicted octanol–water partition coefficient (Wildman–Crippen LogP) is -0.0180. The highest BCUT2D eigenvalue weighted by atomic mass is 35.5. The molecule has 0 aromatic heterocycles. The summed E-state index contributed by atoms with van der Waals surface area (Å²) in [6, 6.07) is 5.64. The van der Waals surface area contributed by atoms with Crippen molar-refractivity contribution < 1.29 is 9.80 Å². The molecule has 0 aliphatic carbocycles. The second kappa shape index (κ2) is 13.1. The highest BCUT2D eigenvalue weighted by molar-refractivity contribution is 7.80. The van der Waals surface area contributed by atoms with Crippen molar-refractivity contribution in [2.24, 2.45) is 0 Å². The van der Waals surface area contributed by atoms with E-state index in [1.54, 1.807) is 0 Å². The van der Waals surface area contributed by atoms with Gasteiger partial charge in [0, 0.05) is 31.6 Å². The fourth-order valence-corrected chi connectivity index (χ4v) is 2.98. The summed E-state index contributed by atoms with van der Waals surface area (Å²) < 4.78 is 0. The number of anilines is 2. The molecule has 1 rings (SSSR count). The average molecular weight is 433 g/mol. The highest BCUT2D eigenvalue weighted by Crippen LogP contribution is 2.25. The topological polar surface area (TPSA) is 57.0 Å². The van der Waals surface area contributed by atoms with Crippen molar-refractivity contribution in [3.8, 4) is 0 Å². The molecule has 6 nitrogen and oxygen atoms in total. The molecule has 1 aromatic carbocycles. The second-order valence-corrected chi connectivity index (χ2v) is 8.30. The van der Waals surface area contributed by atoms with E-state index in [4.69, 9.17) is 36.0 Å². The van der Waals surface area contributed by atoms with Gasteiger partial charge in [0.05, 0.1) is 52.0 Å². The van der Waals surface area contributed by atoms with Crippen LogP contribution in [0.1, 0.15) is 12.8 Å². The zero-order valence-corrected chi connectivity index (χ0v) is 19.1. The van der Waals surface area contributed by atoms with Crippen molar-refractivity contribution >= 4 is 57.6 Å². The fourth-order valence-electron chi connectivity index (χ4n) is 2.32. The molecule has 1 aromatic rings. The van der Waals surface area contributed by atoms with Crippen LogP contribution in [0.4, 0.5) is 11.4 Å². The van der Waals surface area contributed by atoms with Gasteiger partial charge in [0.1, 0.15) is 0 Å². The van der Waals surface area contributed by atoms with E-state index in [1.807, 2.05) is 18.2 Å². The molecule has 0 amide bonds. The molecule has 152 valence electrons. The third-order valence-corrected chi connectivity index (χ3v) is 4.56. The van der Waals surface area contributed by atoms with Crippen LogP contribution in [-0.2, 0) is 0 Å². The minimum atomic E-state index is 0.576. The summed E-state index contributed by atoms with van der Waals surface area (Å²) in [6.07, 6.45) is 2.12. The SMILES string of the molecule is C[NH+](C)CCCNC(=S)Nc1ccc(NC(=S)NCCC[NH+](C)C)c(Cl)c1. The second-order valence-electron chi connectivity index (χ2n) is 7.08. The van der Waals surface area contributed by atoms with E-state index in [-0.39, 0.29) is 0 Å². The molecule has 0 saturated heterocycles. The molecule has 0 radical (unpaired) electrons. The minimum absolute atomic E-state index is 0.576. The van der Waals surface area contributed by atoms with Crippen molar-refractivity contribution in [2.45, 2.75) is 12.8 Å². The van der Waals surface area contributed by atoms with Gasteiger partial charge in [0.2, 0.25) is 0 Å². The van der Waals surface area contributed by atoms with Crippen LogP contribution in [0.3, 0.4) is 0 Å². The van der Waals surface area contributed by atoms with Gasteiger partial charge in [0.25, 0.3) is 0 Å². The van der Waals surface area contributed by atoms with Crippen molar-refractivity contribution in [1.82, 2.24) is 10.6 Å². The van der Waals surface area contributed by atoms with Gasteiger partial charge < -0.3 is 31.1 Å². The largest absolute Gasteiger partial charge is 0.362 e. The zero-order valence-electron chi connectivity index (χ0n) is 16.7. The van der Waals surface area contributed by atoms with Crippen LogP contribution in [0.2, 0.25) is 5.02 Å². The summed E-state index contributed by atoms with van der Waals surface area (Å²) in [7, 11) is 8.55. The molecule has 0 bridgehead atoms. The van der Waals surface area contributed by atoms with Gasteiger partial charge in [-0.15, -0.1) is 0 Å². The molecule has 0 aliphatic heterocycles. The lowest BCUT2D eigenvalue weighted by molar-refractivity contribution is -0.858. The third kappa shape index (κ3) is 11.3. The Morgan fingerprint density at radius 1 is 0.889 bits per heavy atom. The van der Waals surface area contributed by atoms with Gasteiger partial charge in [-0.2, -0.15) is 0 Å². The maximum absolute atomic E-state index is 6.36. The van der Waals surface area contributed by atoms with Crippen LogP contribution in [0.25, 0.3) is 0 Å². The predicted molar refractivity (Wildman–Crippen MR) is 124 cm³/mol. The Bertz CT molecular complexity index is 610. The first-order valence-corrected chi connectivity index (χ1v) is 10.4. The Labute approximate surface area is 179 Å². The van der Waals surface area contributed by atoms with Crippen LogP contribution >= 0.6 is 36.0 Å². The fraction of sp³-hybridized carbons (Fsp3) is 0.556. The maximum Gasteiger partial charge on any atom is 0.170 e. The highest BCUT2D eigenvalue weighted by Gasteiger charge is 2.06. The van der Waals surface area contributed by atoms with Gasteiger partial charge in [-0.1, -0.05) is 11.6 Å². The standard InChI is InChI=1S/C18H31ClN6S2/c1-24(2)11-5-9-20-17(26)22-14-7-8-16(15(19)13-14)23-18(27)21-10-6-12-25(3)4/h7-8,13H,5-6,9-12H2,1-4H3,(H2,20,22,26)(H2,21,23,27)/p+2. The maximum atomic E-state index is 6.36. The lowest BCUT2D eigenvalue weighted by Crippen LogP contribution is -3.05. The number of quaternary nitrogens is 2. The molecule has 0 spiro atoms. The van der Waals surface area contributed by atoms with Gasteiger partial charge in [-0.05, 0) is 42.6 Å². The lowest BCUT2D eigenvalue weighted by atomic mass is 10.3. The van der Waals surface area contributed by atoms with E-state index in [0.29, 0.717) is 15.2 Å². The molecule has 9 heteroatoms. The van der Waals surface area contributed by atoms with E-state index in [0.717, 1.165) is 50.4 Å². The molecule has 0 aliphatic rings. The number of thiocarbonyl (C=S) groups is 2. The van der Waals surface area contributed by atoms with Gasteiger partial charge in [0.15, 0.2) is 10.2 Å². The molecule has 27 heavy (non-hydrogen) atoms. The van der Waals surface area contributed by atoms with Crippen molar-refractivity contribution in [1.29, 1.82) is 0 Å². The van der Waals surface area contributed by atoms with Crippen LogP contribution in [-0.4, -0.2) is 64.6 Å². The Kier molecular flexibility index (Phi) is 11.5. The zero-order chi connectivity index (χ0) is 20.2. The van der Waals surface area contributed by atoms with Crippen molar-refractivity contribution in [2.75, 3.05) is 65.0 Å². The minimum Gasteiger partial charge on any atom is -0.362 e. The van der Waals surface area contributed by atoms with Crippen LogP contribution in [0.5, 0.6) is 0 Å².